The van der Waals surface area contributed by atoms with Crippen LogP contribution < -0.4 is 5.32 Å². The van der Waals surface area contributed by atoms with Crippen molar-refractivity contribution < 1.29 is 4.74 Å². The second-order valence-electron chi connectivity index (χ2n) is 7.30. The van der Waals surface area contributed by atoms with E-state index in [2.05, 4.69) is 52.8 Å². The van der Waals surface area contributed by atoms with Gasteiger partial charge in [0, 0.05) is 37.8 Å². The molecule has 0 radical (unpaired) electrons. The van der Waals surface area contributed by atoms with Crippen LogP contribution in [0.2, 0.25) is 0 Å². The smallest absolute Gasteiger partial charge is 0.170 e. The summed E-state index contributed by atoms with van der Waals surface area (Å²) in [6.07, 6.45) is 4.34. The normalized spacial score (nSPS) is 25.7. The molecule has 26 heavy (non-hydrogen) atoms. The summed E-state index contributed by atoms with van der Waals surface area (Å²) >= 11 is 5.74. The molecule has 5 nitrogen and oxygen atoms in total. The van der Waals surface area contributed by atoms with Crippen LogP contribution >= 0.6 is 12.2 Å². The third-order valence-corrected chi connectivity index (χ3v) is 6.11. The molecule has 0 unspecified atom stereocenters. The molecule has 6 heteroatoms. The van der Waals surface area contributed by atoms with E-state index in [0.717, 1.165) is 36.8 Å². The molecule has 0 bridgehead atoms. The highest BCUT2D eigenvalue weighted by Gasteiger charge is 2.42. The van der Waals surface area contributed by atoms with Crippen LogP contribution in [-0.4, -0.2) is 38.8 Å². The van der Waals surface area contributed by atoms with Crippen molar-refractivity contribution >= 4 is 17.3 Å². The zero-order valence-corrected chi connectivity index (χ0v) is 16.4. The number of thiocarbonyl (C=S) groups is 1. The molecule has 1 N–H and O–H groups in total. The topological polar surface area (TPSA) is 42.3 Å². The Balaban J connectivity index is 1.74. The maximum atomic E-state index is 5.90. The van der Waals surface area contributed by atoms with Gasteiger partial charge in [0.25, 0.3) is 0 Å². The summed E-state index contributed by atoms with van der Waals surface area (Å²) in [6.45, 7) is 6.02. The second-order valence-corrected chi connectivity index (χ2v) is 7.69. The van der Waals surface area contributed by atoms with Crippen molar-refractivity contribution in [1.82, 2.24) is 19.8 Å². The number of hydrogen-bond acceptors (Lipinski definition) is 3. The monoisotopic (exact) mass is 370 g/mol. The Morgan fingerprint density at radius 1 is 1.35 bits per heavy atom. The van der Waals surface area contributed by atoms with Crippen molar-refractivity contribution in [2.24, 2.45) is 7.05 Å². The molecule has 2 aromatic heterocycles. The van der Waals surface area contributed by atoms with E-state index in [-0.39, 0.29) is 18.2 Å². The van der Waals surface area contributed by atoms with Gasteiger partial charge in [-0.15, -0.1) is 0 Å². The highest BCUT2D eigenvalue weighted by Crippen LogP contribution is 2.41. The van der Waals surface area contributed by atoms with Crippen molar-refractivity contribution in [3.8, 4) is 0 Å². The Labute approximate surface area is 160 Å². The molecular weight excluding hydrogens is 344 g/mol. The number of rotatable bonds is 4. The van der Waals surface area contributed by atoms with Gasteiger partial charge in [-0.2, -0.15) is 0 Å². The molecule has 2 aliphatic heterocycles. The van der Waals surface area contributed by atoms with Crippen LogP contribution in [-0.2, 0) is 11.8 Å². The third-order valence-electron chi connectivity index (χ3n) is 5.76. The molecule has 4 heterocycles. The number of nitrogens with zero attached hydrogens (tertiary/aromatic N) is 3. The number of pyridine rings is 1. The second kappa shape index (κ2) is 7.00. The third kappa shape index (κ3) is 3.01. The molecule has 4 rings (SSSR count). The van der Waals surface area contributed by atoms with Crippen molar-refractivity contribution in [3.63, 3.8) is 0 Å². The summed E-state index contributed by atoms with van der Waals surface area (Å²) in [7, 11) is 2.12. The Bertz CT molecular complexity index is 798. The predicted octanol–water partition coefficient (Wildman–Crippen LogP) is 3.19. The molecule has 2 aliphatic rings. The quantitative estimate of drug-likeness (QED) is 0.837. The first-order valence-electron chi connectivity index (χ1n) is 9.28. The Morgan fingerprint density at radius 2 is 2.19 bits per heavy atom. The van der Waals surface area contributed by atoms with Crippen LogP contribution in [0, 0.1) is 13.8 Å². The number of hydrogen-bond donors (Lipinski definition) is 1. The van der Waals surface area contributed by atoms with E-state index in [0.29, 0.717) is 0 Å². The van der Waals surface area contributed by atoms with Crippen LogP contribution in [0.1, 0.15) is 47.6 Å². The van der Waals surface area contributed by atoms with Gasteiger partial charge in [-0.25, -0.2) is 0 Å². The van der Waals surface area contributed by atoms with Gasteiger partial charge in [0.05, 0.1) is 23.9 Å². The lowest BCUT2D eigenvalue weighted by Crippen LogP contribution is -2.36. The SMILES string of the molecule is Cc1cc([C@@H]2[C@H](c3ccccn3)NC(=S)N2C[C@@H]2CCCO2)c(C)n1C. The summed E-state index contributed by atoms with van der Waals surface area (Å²) in [5.41, 5.74) is 4.87. The standard InChI is InChI=1S/C20H26N4OS/c1-13-11-16(14(2)23(13)3)19-18(17-8-4-5-9-21-17)22-20(26)24(19)12-15-7-6-10-25-15/h4-5,8-9,11,15,18-19H,6-7,10,12H2,1-3H3,(H,22,26)/t15-,18-,19+/m0/s1. The van der Waals surface area contributed by atoms with E-state index in [9.17, 15) is 0 Å². The van der Waals surface area contributed by atoms with Gasteiger partial charge in [-0.1, -0.05) is 6.07 Å². The fraction of sp³-hybridized carbons (Fsp3) is 0.500. The highest BCUT2D eigenvalue weighted by atomic mass is 32.1. The van der Waals surface area contributed by atoms with E-state index in [4.69, 9.17) is 17.0 Å². The van der Waals surface area contributed by atoms with E-state index < -0.39 is 0 Å². The first kappa shape index (κ1) is 17.5. The zero-order chi connectivity index (χ0) is 18.3. The zero-order valence-electron chi connectivity index (χ0n) is 15.6. The minimum absolute atomic E-state index is 0.0469. The van der Waals surface area contributed by atoms with E-state index in [1.54, 1.807) is 0 Å². The maximum absolute atomic E-state index is 5.90. The fourth-order valence-electron chi connectivity index (χ4n) is 4.13. The Hall–Kier alpha value is -1.92. The van der Waals surface area contributed by atoms with E-state index >= 15 is 0 Å². The molecule has 0 saturated carbocycles. The summed E-state index contributed by atoms with van der Waals surface area (Å²) in [5, 5.41) is 4.32. The number of aryl methyl sites for hydroxylation is 1. The minimum atomic E-state index is 0.0469. The number of aromatic nitrogens is 2. The molecule has 138 valence electrons. The van der Waals surface area contributed by atoms with Crippen molar-refractivity contribution in [1.29, 1.82) is 0 Å². The van der Waals surface area contributed by atoms with Gasteiger partial charge >= 0.3 is 0 Å². The minimum Gasteiger partial charge on any atom is -0.376 e. The molecule has 0 spiro atoms. The average Bonchev–Trinajstić information content (AvgIpc) is 3.33. The first-order chi connectivity index (χ1) is 12.6. The maximum Gasteiger partial charge on any atom is 0.170 e. The molecule has 2 aromatic rings. The van der Waals surface area contributed by atoms with Gasteiger partial charge < -0.3 is 19.5 Å². The van der Waals surface area contributed by atoms with Crippen molar-refractivity contribution in [2.75, 3.05) is 13.2 Å². The van der Waals surface area contributed by atoms with Crippen LogP contribution in [0.15, 0.2) is 30.5 Å². The Morgan fingerprint density at radius 3 is 2.81 bits per heavy atom. The average molecular weight is 371 g/mol. The molecule has 2 fully saturated rings. The first-order valence-corrected chi connectivity index (χ1v) is 9.69. The Kier molecular flexibility index (Phi) is 4.71. The van der Waals surface area contributed by atoms with Gasteiger partial charge in [-0.05, 0) is 62.7 Å². The fourth-order valence-corrected chi connectivity index (χ4v) is 4.45. The van der Waals surface area contributed by atoms with Crippen molar-refractivity contribution in [2.45, 2.75) is 44.9 Å². The van der Waals surface area contributed by atoms with Crippen LogP contribution in [0.3, 0.4) is 0 Å². The van der Waals surface area contributed by atoms with Crippen LogP contribution in [0.4, 0.5) is 0 Å². The number of nitrogens with one attached hydrogen (secondary N) is 1. The summed E-state index contributed by atoms with van der Waals surface area (Å²) in [5.74, 6) is 0. The van der Waals surface area contributed by atoms with E-state index in [1.807, 2.05) is 18.3 Å². The molecule has 0 aromatic carbocycles. The lowest BCUT2D eigenvalue weighted by atomic mass is 9.96. The molecule has 0 aliphatic carbocycles. The summed E-state index contributed by atoms with van der Waals surface area (Å²) in [6, 6.07) is 8.53. The highest BCUT2D eigenvalue weighted by molar-refractivity contribution is 7.80. The van der Waals surface area contributed by atoms with Gasteiger partial charge in [0.15, 0.2) is 5.11 Å². The molecular formula is C20H26N4OS. The lowest BCUT2D eigenvalue weighted by molar-refractivity contribution is 0.0842. The lowest BCUT2D eigenvalue weighted by Gasteiger charge is -2.29. The van der Waals surface area contributed by atoms with E-state index in [1.165, 1.54) is 17.0 Å². The number of ether oxygens (including phenoxy) is 1. The molecule has 3 atom stereocenters. The molecule has 2 saturated heterocycles. The van der Waals surface area contributed by atoms with Crippen LogP contribution in [0.25, 0.3) is 0 Å². The molecule has 0 amide bonds. The van der Waals surface area contributed by atoms with Crippen molar-refractivity contribution in [3.05, 3.63) is 53.1 Å². The van der Waals surface area contributed by atoms with Gasteiger partial charge in [0.2, 0.25) is 0 Å². The summed E-state index contributed by atoms with van der Waals surface area (Å²) < 4.78 is 8.14. The van der Waals surface area contributed by atoms with Gasteiger partial charge in [-0.3, -0.25) is 4.98 Å². The summed E-state index contributed by atoms with van der Waals surface area (Å²) in [4.78, 5) is 6.92. The van der Waals surface area contributed by atoms with Gasteiger partial charge in [0.1, 0.15) is 0 Å². The largest absolute Gasteiger partial charge is 0.376 e. The predicted molar refractivity (Wildman–Crippen MR) is 106 cm³/mol. The van der Waals surface area contributed by atoms with Crippen LogP contribution in [0.5, 0.6) is 0 Å².